The monoisotopic (exact) mass is 232 g/mol. The standard InChI is InChI=1S/K.H3NO7S2/c;2-1(9(3,4)5)10(6,7)8/h;2H,(H,3,4,5)(H,6,7,8)/q+1;. The predicted molar refractivity (Wildman–Crippen MR) is 26.7 cm³/mol. The van der Waals surface area contributed by atoms with Gasteiger partial charge in [0.1, 0.15) is 0 Å². The molecule has 0 amide bonds. The topological polar surface area (TPSA) is 132 Å². The smallest absolute Gasteiger partial charge is 0.282 e. The van der Waals surface area contributed by atoms with Crippen LogP contribution in [0.3, 0.4) is 0 Å². The molecule has 0 saturated carbocycles. The Labute approximate surface area is 105 Å². The van der Waals surface area contributed by atoms with Crippen molar-refractivity contribution in [2.75, 3.05) is 0 Å². The van der Waals surface area contributed by atoms with Crippen LogP contribution in [-0.4, -0.2) is 35.0 Å². The molecule has 0 atom stereocenters. The van der Waals surface area contributed by atoms with Gasteiger partial charge in [-0.3, -0.25) is 14.3 Å². The third-order valence-corrected chi connectivity index (χ3v) is 2.31. The van der Waals surface area contributed by atoms with E-state index in [1.165, 1.54) is 0 Å². The summed E-state index contributed by atoms with van der Waals surface area (Å²) in [5.41, 5.74) is 0. The van der Waals surface area contributed by atoms with Crippen LogP contribution in [0.1, 0.15) is 0 Å². The molecule has 0 bridgehead atoms. The first kappa shape index (κ1) is 14.9. The zero-order chi connectivity index (χ0) is 8.58. The van der Waals surface area contributed by atoms with Crippen molar-refractivity contribution < 1.29 is 82.5 Å². The Kier molecular flexibility index (Phi) is 6.18. The molecule has 0 heterocycles. The summed E-state index contributed by atoms with van der Waals surface area (Å²) in [5.74, 6) is 0. The summed E-state index contributed by atoms with van der Waals surface area (Å²) < 4.78 is 52.6. The van der Waals surface area contributed by atoms with Crippen molar-refractivity contribution in [1.82, 2.24) is 3.87 Å². The van der Waals surface area contributed by atoms with Gasteiger partial charge in [0.05, 0.1) is 3.87 Å². The minimum absolute atomic E-state index is 0. The van der Waals surface area contributed by atoms with Crippen molar-refractivity contribution in [3.63, 3.8) is 0 Å². The molecule has 0 aliphatic heterocycles. The molecule has 0 aromatic rings. The fourth-order valence-electron chi connectivity index (χ4n) is 0.119. The van der Waals surface area contributed by atoms with E-state index in [9.17, 15) is 16.8 Å². The van der Waals surface area contributed by atoms with E-state index in [0.717, 1.165) is 0 Å². The second-order valence-electron chi connectivity index (χ2n) is 1.13. The summed E-state index contributed by atoms with van der Waals surface area (Å²) in [5, 5.41) is 7.88. The van der Waals surface area contributed by atoms with Crippen molar-refractivity contribution >= 4 is 20.6 Å². The molecular formula is H3KNO7S2+. The third-order valence-electron chi connectivity index (χ3n) is 0.395. The van der Waals surface area contributed by atoms with Gasteiger partial charge in [0.15, 0.2) is 0 Å². The van der Waals surface area contributed by atoms with Gasteiger partial charge < -0.3 is 0 Å². The van der Waals surface area contributed by atoms with Crippen molar-refractivity contribution in [2.45, 2.75) is 0 Å². The minimum Gasteiger partial charge on any atom is -0.282 e. The molecule has 0 aliphatic carbocycles. The number of hydrogen-bond acceptors (Lipinski definition) is 5. The Hall–Kier alpha value is 1.38. The van der Waals surface area contributed by atoms with Gasteiger partial charge in [-0.25, -0.2) is 0 Å². The van der Waals surface area contributed by atoms with Crippen LogP contribution in [0.25, 0.3) is 0 Å². The van der Waals surface area contributed by atoms with Crippen molar-refractivity contribution in [1.29, 1.82) is 0 Å². The number of rotatable bonds is 2. The van der Waals surface area contributed by atoms with E-state index in [0.29, 0.717) is 0 Å². The van der Waals surface area contributed by atoms with Gasteiger partial charge in [-0.1, -0.05) is 0 Å². The average Bonchev–Trinajstić information content (AvgIpc) is 1.59. The largest absolute Gasteiger partial charge is 1.00 e. The van der Waals surface area contributed by atoms with Crippen LogP contribution in [0.4, 0.5) is 0 Å². The molecule has 8 nitrogen and oxygen atoms in total. The van der Waals surface area contributed by atoms with Gasteiger partial charge in [-0.15, -0.1) is 0 Å². The van der Waals surface area contributed by atoms with Crippen LogP contribution in [0.5, 0.6) is 0 Å². The van der Waals surface area contributed by atoms with Crippen LogP contribution in [0, 0.1) is 0 Å². The van der Waals surface area contributed by atoms with E-state index in [4.69, 9.17) is 14.3 Å². The van der Waals surface area contributed by atoms with Crippen LogP contribution in [0.2, 0.25) is 0 Å². The molecule has 3 N–H and O–H groups in total. The van der Waals surface area contributed by atoms with Crippen molar-refractivity contribution in [3.8, 4) is 0 Å². The first-order chi connectivity index (χ1) is 4.15. The van der Waals surface area contributed by atoms with Crippen molar-refractivity contribution in [3.05, 3.63) is 0 Å². The summed E-state index contributed by atoms with van der Waals surface area (Å²) in [7, 11) is -10.6. The van der Waals surface area contributed by atoms with Gasteiger partial charge in [0.25, 0.3) is 0 Å². The Morgan fingerprint density at radius 1 is 0.909 bits per heavy atom. The maximum absolute atomic E-state index is 9.67. The molecule has 0 fully saturated rings. The zero-order valence-electron chi connectivity index (χ0n) is 5.24. The van der Waals surface area contributed by atoms with Crippen LogP contribution < -0.4 is 51.4 Å². The van der Waals surface area contributed by atoms with Gasteiger partial charge in [-0.05, 0) is 0 Å². The predicted octanol–water partition coefficient (Wildman–Crippen LogP) is -4.71. The van der Waals surface area contributed by atoms with Gasteiger partial charge in [-0.2, -0.15) is 16.8 Å². The number of hydrogen-bond donors (Lipinski definition) is 3. The van der Waals surface area contributed by atoms with E-state index in [2.05, 4.69) is 0 Å². The maximum atomic E-state index is 9.67. The second-order valence-corrected chi connectivity index (χ2v) is 3.85. The first-order valence-corrected chi connectivity index (χ1v) is 4.39. The molecule has 0 spiro atoms. The molecule has 0 saturated heterocycles. The van der Waals surface area contributed by atoms with E-state index in [1.54, 1.807) is 0 Å². The molecule has 0 unspecified atom stereocenters. The Balaban J connectivity index is 0. The fraction of sp³-hybridized carbons (Fsp3) is 0. The summed E-state index contributed by atoms with van der Waals surface area (Å²) in [4.78, 5) is 0. The molecule has 11 heteroatoms. The summed E-state index contributed by atoms with van der Waals surface area (Å²) in [6.45, 7) is 0. The number of nitrogens with zero attached hydrogens (tertiary/aromatic N) is 1. The zero-order valence-corrected chi connectivity index (χ0v) is 9.99. The summed E-state index contributed by atoms with van der Waals surface area (Å²) in [6, 6.07) is 0. The molecule has 0 aliphatic rings. The first-order valence-electron chi connectivity index (χ1n) is 1.60. The quantitative estimate of drug-likeness (QED) is 0.247. The van der Waals surface area contributed by atoms with E-state index in [-0.39, 0.29) is 51.4 Å². The molecular weight excluding hydrogens is 229 g/mol. The third kappa shape index (κ3) is 5.59. The van der Waals surface area contributed by atoms with Crippen LogP contribution in [-0.2, 0) is 20.6 Å². The fourth-order valence-corrected chi connectivity index (χ4v) is 1.07. The minimum atomic E-state index is -5.31. The second kappa shape index (κ2) is 4.57. The summed E-state index contributed by atoms with van der Waals surface area (Å²) in [6.07, 6.45) is 0. The Morgan fingerprint density at radius 3 is 1.09 bits per heavy atom. The molecule has 0 aromatic heterocycles. The molecule has 0 rings (SSSR count). The summed E-state index contributed by atoms with van der Waals surface area (Å²) >= 11 is 0. The maximum Gasteiger partial charge on any atom is 1.00 e. The molecule has 62 valence electrons. The van der Waals surface area contributed by atoms with Gasteiger partial charge in [0.2, 0.25) is 0 Å². The SMILES string of the molecule is O=S(=O)(O)N(O)S(=O)(=O)O.[K+]. The average molecular weight is 232 g/mol. The normalized spacial score (nSPS) is 12.7. The van der Waals surface area contributed by atoms with Crippen LogP contribution in [0.15, 0.2) is 0 Å². The van der Waals surface area contributed by atoms with Crippen molar-refractivity contribution in [2.24, 2.45) is 0 Å². The molecule has 0 aromatic carbocycles. The Bertz CT molecular complexity index is 265. The van der Waals surface area contributed by atoms with E-state index >= 15 is 0 Å². The van der Waals surface area contributed by atoms with Crippen LogP contribution >= 0.6 is 0 Å². The Morgan fingerprint density at radius 2 is 1.09 bits per heavy atom. The molecule has 11 heavy (non-hydrogen) atoms. The van der Waals surface area contributed by atoms with E-state index < -0.39 is 24.5 Å². The van der Waals surface area contributed by atoms with Gasteiger partial charge in [0, 0.05) is 0 Å². The molecule has 0 radical (unpaired) electrons. The van der Waals surface area contributed by atoms with Gasteiger partial charge >= 0.3 is 72.0 Å². The van der Waals surface area contributed by atoms with E-state index in [1.807, 2.05) is 0 Å².